The fraction of sp³-hybridized carbons (Fsp3) is 0.800. The first kappa shape index (κ1) is 15.5. The van der Waals surface area contributed by atoms with Crippen LogP contribution < -0.4 is 5.32 Å². The SMILES string of the molecule is Cc1nsc(NCC2CCN(S(=O)(=O)C(F)F)CC2)n1. The highest BCUT2D eigenvalue weighted by Crippen LogP contribution is 2.23. The van der Waals surface area contributed by atoms with Gasteiger partial charge in [-0.15, -0.1) is 0 Å². The minimum Gasteiger partial charge on any atom is -0.360 e. The predicted octanol–water partition coefficient (Wildman–Crippen LogP) is 1.52. The van der Waals surface area contributed by atoms with Crippen LogP contribution in [0.25, 0.3) is 0 Å². The van der Waals surface area contributed by atoms with E-state index < -0.39 is 15.8 Å². The lowest BCUT2D eigenvalue weighted by Gasteiger charge is -2.30. The molecule has 6 nitrogen and oxygen atoms in total. The van der Waals surface area contributed by atoms with E-state index in [0.717, 1.165) is 9.44 Å². The van der Waals surface area contributed by atoms with Crippen LogP contribution >= 0.6 is 11.5 Å². The van der Waals surface area contributed by atoms with E-state index in [2.05, 4.69) is 14.7 Å². The third-order valence-corrected chi connectivity index (χ3v) is 5.53. The number of hydrogen-bond acceptors (Lipinski definition) is 6. The summed E-state index contributed by atoms with van der Waals surface area (Å²) in [7, 11) is -4.43. The quantitative estimate of drug-likeness (QED) is 0.888. The molecule has 1 aliphatic heterocycles. The van der Waals surface area contributed by atoms with Crippen molar-refractivity contribution in [1.82, 2.24) is 13.7 Å². The van der Waals surface area contributed by atoms with Crippen molar-refractivity contribution in [3.8, 4) is 0 Å². The molecule has 1 aromatic heterocycles. The first-order valence-electron chi connectivity index (χ1n) is 6.21. The average molecular weight is 326 g/mol. The summed E-state index contributed by atoms with van der Waals surface area (Å²) in [5, 5.41) is 3.87. The van der Waals surface area contributed by atoms with Gasteiger partial charge in [0.1, 0.15) is 5.82 Å². The number of piperidine rings is 1. The van der Waals surface area contributed by atoms with E-state index in [-0.39, 0.29) is 19.0 Å². The highest BCUT2D eigenvalue weighted by atomic mass is 32.2. The molecule has 1 fully saturated rings. The maximum atomic E-state index is 12.4. The predicted molar refractivity (Wildman–Crippen MR) is 72.4 cm³/mol. The zero-order chi connectivity index (χ0) is 14.8. The summed E-state index contributed by atoms with van der Waals surface area (Å²) in [6.45, 7) is 2.74. The van der Waals surface area contributed by atoms with Crippen LogP contribution in [-0.2, 0) is 10.0 Å². The maximum Gasteiger partial charge on any atom is 0.350 e. The Morgan fingerprint density at radius 1 is 1.45 bits per heavy atom. The van der Waals surface area contributed by atoms with Gasteiger partial charge < -0.3 is 5.32 Å². The van der Waals surface area contributed by atoms with Crippen molar-refractivity contribution in [2.75, 3.05) is 25.0 Å². The van der Waals surface area contributed by atoms with Crippen molar-refractivity contribution in [3.63, 3.8) is 0 Å². The van der Waals surface area contributed by atoms with Gasteiger partial charge >= 0.3 is 5.76 Å². The summed E-state index contributed by atoms with van der Waals surface area (Å²) >= 11 is 1.27. The molecule has 0 spiro atoms. The van der Waals surface area contributed by atoms with Gasteiger partial charge in [0.15, 0.2) is 0 Å². The molecular weight excluding hydrogens is 310 g/mol. The summed E-state index contributed by atoms with van der Waals surface area (Å²) in [4.78, 5) is 4.16. The molecule has 10 heteroatoms. The van der Waals surface area contributed by atoms with Crippen molar-refractivity contribution in [2.45, 2.75) is 25.5 Å². The molecule has 20 heavy (non-hydrogen) atoms. The molecule has 0 atom stereocenters. The zero-order valence-corrected chi connectivity index (χ0v) is 12.6. The molecule has 0 aromatic carbocycles. The minimum atomic E-state index is -4.43. The Hall–Kier alpha value is -0.870. The Morgan fingerprint density at radius 3 is 2.60 bits per heavy atom. The van der Waals surface area contributed by atoms with E-state index in [1.165, 1.54) is 11.5 Å². The number of nitrogens with one attached hydrogen (secondary N) is 1. The Kier molecular flexibility index (Phi) is 4.86. The molecule has 0 saturated carbocycles. The molecule has 0 radical (unpaired) electrons. The van der Waals surface area contributed by atoms with Gasteiger partial charge in [-0.2, -0.15) is 17.5 Å². The summed E-state index contributed by atoms with van der Waals surface area (Å²) in [5.41, 5.74) is 0. The lowest BCUT2D eigenvalue weighted by molar-refractivity contribution is 0.205. The molecule has 114 valence electrons. The Morgan fingerprint density at radius 2 is 2.10 bits per heavy atom. The normalized spacial score (nSPS) is 18.6. The molecule has 0 unspecified atom stereocenters. The fourth-order valence-electron chi connectivity index (χ4n) is 2.08. The van der Waals surface area contributed by atoms with E-state index in [1.54, 1.807) is 6.92 Å². The lowest BCUT2D eigenvalue weighted by atomic mass is 9.98. The van der Waals surface area contributed by atoms with Gasteiger partial charge in [-0.25, -0.2) is 13.4 Å². The van der Waals surface area contributed by atoms with Gasteiger partial charge in [-0.1, -0.05) is 0 Å². The van der Waals surface area contributed by atoms with Gasteiger partial charge in [0.2, 0.25) is 5.13 Å². The fourth-order valence-corrected chi connectivity index (χ4v) is 3.61. The smallest absolute Gasteiger partial charge is 0.350 e. The second kappa shape index (κ2) is 6.27. The van der Waals surface area contributed by atoms with E-state index in [0.29, 0.717) is 25.2 Å². The van der Waals surface area contributed by atoms with Gasteiger partial charge in [0.05, 0.1) is 0 Å². The highest BCUT2D eigenvalue weighted by Gasteiger charge is 2.34. The molecule has 0 aliphatic carbocycles. The summed E-state index contributed by atoms with van der Waals surface area (Å²) in [5.74, 6) is -2.37. The molecule has 1 aromatic rings. The Labute approximate surface area is 120 Å². The number of nitrogens with zero attached hydrogens (tertiary/aromatic N) is 3. The number of hydrogen-bond donors (Lipinski definition) is 1. The van der Waals surface area contributed by atoms with E-state index in [1.807, 2.05) is 0 Å². The lowest BCUT2D eigenvalue weighted by Crippen LogP contribution is -2.42. The molecule has 2 heterocycles. The van der Waals surface area contributed by atoms with E-state index in [4.69, 9.17) is 0 Å². The van der Waals surface area contributed by atoms with Crippen molar-refractivity contribution < 1.29 is 17.2 Å². The zero-order valence-electron chi connectivity index (χ0n) is 10.9. The standard InChI is InChI=1S/C10H16F2N4O2S2/c1-7-14-10(19-15-7)13-6-8-2-4-16(5-3-8)20(17,18)9(11)12/h8-9H,2-6H2,1H3,(H,13,14,15). The van der Waals surface area contributed by atoms with Crippen molar-refractivity contribution in [3.05, 3.63) is 5.82 Å². The van der Waals surface area contributed by atoms with E-state index >= 15 is 0 Å². The number of anilines is 1. The number of alkyl halides is 2. The second-order valence-electron chi connectivity index (χ2n) is 4.68. The molecule has 2 rings (SSSR count). The van der Waals surface area contributed by atoms with Gasteiger partial charge in [0.25, 0.3) is 10.0 Å². The van der Waals surface area contributed by atoms with Crippen LogP contribution in [0.4, 0.5) is 13.9 Å². The number of aromatic nitrogens is 2. The molecule has 1 N–H and O–H groups in total. The van der Waals surface area contributed by atoms with Crippen LogP contribution in [0, 0.1) is 12.8 Å². The van der Waals surface area contributed by atoms with Crippen LogP contribution in [0.2, 0.25) is 0 Å². The van der Waals surface area contributed by atoms with Crippen molar-refractivity contribution in [1.29, 1.82) is 0 Å². The second-order valence-corrected chi connectivity index (χ2v) is 7.33. The molecule has 0 amide bonds. The van der Waals surface area contributed by atoms with Crippen LogP contribution in [-0.4, -0.2) is 47.5 Å². The molecule has 1 saturated heterocycles. The monoisotopic (exact) mass is 326 g/mol. The summed E-state index contributed by atoms with van der Waals surface area (Å²) in [6, 6.07) is 0. The van der Waals surface area contributed by atoms with E-state index in [9.17, 15) is 17.2 Å². The number of rotatable bonds is 5. The minimum absolute atomic E-state index is 0.147. The third kappa shape index (κ3) is 3.61. The van der Waals surface area contributed by atoms with Gasteiger partial charge in [0, 0.05) is 31.2 Å². The highest BCUT2D eigenvalue weighted by molar-refractivity contribution is 7.89. The molecule has 1 aliphatic rings. The largest absolute Gasteiger partial charge is 0.360 e. The average Bonchev–Trinajstić information content (AvgIpc) is 2.82. The van der Waals surface area contributed by atoms with Crippen LogP contribution in [0.3, 0.4) is 0 Å². The van der Waals surface area contributed by atoms with Gasteiger partial charge in [-0.3, -0.25) is 0 Å². The van der Waals surface area contributed by atoms with Crippen LogP contribution in [0.15, 0.2) is 0 Å². The van der Waals surface area contributed by atoms with Crippen molar-refractivity contribution >= 4 is 26.7 Å². The number of halogens is 2. The maximum absolute atomic E-state index is 12.4. The molecule has 0 bridgehead atoms. The first-order valence-corrected chi connectivity index (χ1v) is 8.48. The Bertz CT molecular complexity index is 541. The van der Waals surface area contributed by atoms with Crippen LogP contribution in [0.1, 0.15) is 18.7 Å². The van der Waals surface area contributed by atoms with Crippen molar-refractivity contribution in [2.24, 2.45) is 5.92 Å². The molecular formula is C10H16F2N4O2S2. The van der Waals surface area contributed by atoms with Crippen LogP contribution in [0.5, 0.6) is 0 Å². The third-order valence-electron chi connectivity index (χ3n) is 3.23. The Balaban J connectivity index is 1.80. The number of sulfonamides is 1. The first-order chi connectivity index (χ1) is 9.39. The summed E-state index contributed by atoms with van der Waals surface area (Å²) in [6.07, 6.45) is 1.13. The topological polar surface area (TPSA) is 75.2 Å². The number of aryl methyl sites for hydroxylation is 1. The summed E-state index contributed by atoms with van der Waals surface area (Å²) < 4.78 is 52.4. The van der Waals surface area contributed by atoms with Gasteiger partial charge in [-0.05, 0) is 25.7 Å².